The molecule has 29 heavy (non-hydrogen) atoms. The highest BCUT2D eigenvalue weighted by Gasteiger charge is 2.22. The molecular formula is C21H26N6O2. The molecule has 8 heteroatoms. The number of hydrogen-bond acceptors (Lipinski definition) is 5. The maximum Gasteiger partial charge on any atom is 0.353 e. The SMILES string of the molecule is CC[C@H](C)NC(=O)Cn1nc2cc(C)nc(N3CCc4ccccc4C3)n2c1=O. The van der Waals surface area contributed by atoms with Crippen molar-refractivity contribution in [2.24, 2.45) is 0 Å². The third kappa shape index (κ3) is 3.74. The molecule has 0 radical (unpaired) electrons. The molecule has 1 aliphatic rings. The standard InChI is InChI=1S/C21H26N6O2/c1-4-14(2)22-19(28)13-26-21(29)27-18(24-26)11-15(3)23-20(27)25-10-9-16-7-5-6-8-17(16)12-25/h5-8,11,14H,4,9-10,12-13H2,1-3H3,(H,22,28)/t14-/m0/s1. The number of carbonyl (C=O) groups excluding carboxylic acids is 1. The number of benzene rings is 1. The minimum absolute atomic E-state index is 0.0584. The summed E-state index contributed by atoms with van der Waals surface area (Å²) >= 11 is 0. The number of nitrogens with one attached hydrogen (secondary N) is 1. The van der Waals surface area contributed by atoms with Crippen molar-refractivity contribution in [2.45, 2.75) is 52.7 Å². The van der Waals surface area contributed by atoms with E-state index in [4.69, 9.17) is 0 Å². The van der Waals surface area contributed by atoms with Gasteiger partial charge in [0.15, 0.2) is 5.65 Å². The number of aryl methyl sites for hydroxylation is 1. The Labute approximate surface area is 169 Å². The first kappa shape index (κ1) is 19.2. The van der Waals surface area contributed by atoms with Crippen LogP contribution in [0.1, 0.15) is 37.1 Å². The van der Waals surface area contributed by atoms with E-state index in [9.17, 15) is 9.59 Å². The lowest BCUT2D eigenvalue weighted by Gasteiger charge is -2.29. The second-order valence-corrected chi connectivity index (χ2v) is 7.65. The van der Waals surface area contributed by atoms with Crippen molar-refractivity contribution in [3.63, 3.8) is 0 Å². The fraction of sp³-hybridized carbons (Fsp3) is 0.429. The van der Waals surface area contributed by atoms with Crippen LogP contribution >= 0.6 is 0 Å². The summed E-state index contributed by atoms with van der Waals surface area (Å²) in [6, 6.07) is 10.2. The first-order valence-electron chi connectivity index (χ1n) is 10.0. The van der Waals surface area contributed by atoms with Gasteiger partial charge in [-0.3, -0.25) is 4.79 Å². The lowest BCUT2D eigenvalue weighted by molar-refractivity contribution is -0.122. The zero-order valence-corrected chi connectivity index (χ0v) is 17.1. The van der Waals surface area contributed by atoms with Crippen LogP contribution in [0.3, 0.4) is 0 Å². The van der Waals surface area contributed by atoms with Crippen LogP contribution in [-0.2, 0) is 24.3 Å². The summed E-state index contributed by atoms with van der Waals surface area (Å²) in [5, 5.41) is 7.26. The van der Waals surface area contributed by atoms with E-state index in [1.807, 2.05) is 26.8 Å². The van der Waals surface area contributed by atoms with Crippen LogP contribution in [-0.4, -0.2) is 37.7 Å². The second-order valence-electron chi connectivity index (χ2n) is 7.65. The second kappa shape index (κ2) is 7.69. The van der Waals surface area contributed by atoms with Crippen LogP contribution in [0.2, 0.25) is 0 Å². The lowest BCUT2D eigenvalue weighted by atomic mass is 10.0. The van der Waals surface area contributed by atoms with E-state index in [-0.39, 0.29) is 24.2 Å². The number of aromatic nitrogens is 4. The van der Waals surface area contributed by atoms with E-state index in [1.54, 1.807) is 6.07 Å². The molecule has 0 saturated heterocycles. The summed E-state index contributed by atoms with van der Waals surface area (Å²) in [4.78, 5) is 32.1. The Morgan fingerprint density at radius 2 is 2.03 bits per heavy atom. The summed E-state index contributed by atoms with van der Waals surface area (Å²) in [7, 11) is 0. The molecule has 1 aliphatic heterocycles. The Morgan fingerprint density at radius 3 is 2.79 bits per heavy atom. The molecule has 0 bridgehead atoms. The van der Waals surface area contributed by atoms with Gasteiger partial charge < -0.3 is 10.2 Å². The van der Waals surface area contributed by atoms with Gasteiger partial charge in [-0.05, 0) is 37.8 Å². The quantitative estimate of drug-likeness (QED) is 0.712. The molecule has 0 aliphatic carbocycles. The molecule has 0 saturated carbocycles. The van der Waals surface area contributed by atoms with E-state index >= 15 is 0 Å². The minimum Gasteiger partial charge on any atom is -0.352 e. The summed E-state index contributed by atoms with van der Waals surface area (Å²) < 4.78 is 2.73. The molecule has 152 valence electrons. The number of rotatable bonds is 5. The number of anilines is 1. The minimum atomic E-state index is -0.347. The average molecular weight is 394 g/mol. The van der Waals surface area contributed by atoms with Crippen molar-refractivity contribution < 1.29 is 4.79 Å². The fourth-order valence-electron chi connectivity index (χ4n) is 3.67. The summed E-state index contributed by atoms with van der Waals surface area (Å²) in [6.45, 7) is 7.18. The number of nitrogens with zero attached hydrogens (tertiary/aromatic N) is 5. The molecule has 0 spiro atoms. The maximum absolute atomic E-state index is 13.1. The normalized spacial score (nSPS) is 14.7. The van der Waals surface area contributed by atoms with Crippen LogP contribution in [0.15, 0.2) is 35.1 Å². The number of carbonyl (C=O) groups is 1. The van der Waals surface area contributed by atoms with Crippen molar-refractivity contribution in [3.05, 3.63) is 57.6 Å². The molecule has 1 N–H and O–H groups in total. The van der Waals surface area contributed by atoms with E-state index in [0.29, 0.717) is 18.1 Å². The summed E-state index contributed by atoms with van der Waals surface area (Å²) in [6.07, 6.45) is 1.73. The van der Waals surface area contributed by atoms with Gasteiger partial charge in [-0.15, -0.1) is 5.10 Å². The molecule has 1 aromatic carbocycles. The topological polar surface area (TPSA) is 84.5 Å². The molecule has 8 nitrogen and oxygen atoms in total. The van der Waals surface area contributed by atoms with Gasteiger partial charge in [-0.1, -0.05) is 31.2 Å². The van der Waals surface area contributed by atoms with Crippen molar-refractivity contribution >= 4 is 17.5 Å². The highest BCUT2D eigenvalue weighted by Crippen LogP contribution is 2.23. The predicted octanol–water partition coefficient (Wildman–Crippen LogP) is 1.68. The van der Waals surface area contributed by atoms with Crippen LogP contribution < -0.4 is 15.9 Å². The summed E-state index contributed by atoms with van der Waals surface area (Å²) in [5.41, 5.74) is 3.52. The highest BCUT2D eigenvalue weighted by atomic mass is 16.2. The lowest BCUT2D eigenvalue weighted by Crippen LogP contribution is -2.38. The van der Waals surface area contributed by atoms with E-state index in [1.165, 1.54) is 20.2 Å². The third-order valence-corrected chi connectivity index (χ3v) is 5.41. The van der Waals surface area contributed by atoms with Gasteiger partial charge in [-0.2, -0.15) is 0 Å². The Hall–Kier alpha value is -3.16. The molecule has 4 rings (SSSR count). The number of hydrogen-bond donors (Lipinski definition) is 1. The Bertz CT molecular complexity index is 1120. The van der Waals surface area contributed by atoms with Crippen LogP contribution in [0.25, 0.3) is 5.65 Å². The Balaban J connectivity index is 1.70. The Morgan fingerprint density at radius 1 is 1.28 bits per heavy atom. The van der Waals surface area contributed by atoms with E-state index in [2.05, 4.69) is 38.5 Å². The van der Waals surface area contributed by atoms with Crippen molar-refractivity contribution in [2.75, 3.05) is 11.4 Å². The predicted molar refractivity (Wildman–Crippen MR) is 111 cm³/mol. The Kier molecular flexibility index (Phi) is 5.08. The number of amides is 1. The first-order valence-corrected chi connectivity index (χ1v) is 10.0. The maximum atomic E-state index is 13.1. The van der Waals surface area contributed by atoms with Gasteiger partial charge in [0.05, 0.1) is 0 Å². The summed E-state index contributed by atoms with van der Waals surface area (Å²) in [5.74, 6) is 0.357. The van der Waals surface area contributed by atoms with Gasteiger partial charge in [-0.25, -0.2) is 18.9 Å². The molecule has 3 heterocycles. The van der Waals surface area contributed by atoms with Crippen molar-refractivity contribution in [3.8, 4) is 0 Å². The average Bonchev–Trinajstić information content (AvgIpc) is 3.01. The van der Waals surface area contributed by atoms with E-state index < -0.39 is 0 Å². The highest BCUT2D eigenvalue weighted by molar-refractivity contribution is 5.76. The van der Waals surface area contributed by atoms with Gasteiger partial charge in [0.25, 0.3) is 0 Å². The molecular weight excluding hydrogens is 368 g/mol. The largest absolute Gasteiger partial charge is 0.353 e. The van der Waals surface area contributed by atoms with Crippen LogP contribution in [0, 0.1) is 6.92 Å². The molecule has 2 aromatic heterocycles. The fourth-order valence-corrected chi connectivity index (χ4v) is 3.67. The molecule has 1 atom stereocenters. The zero-order valence-electron chi connectivity index (χ0n) is 17.1. The molecule has 1 amide bonds. The smallest absolute Gasteiger partial charge is 0.352 e. The monoisotopic (exact) mass is 394 g/mol. The van der Waals surface area contributed by atoms with Gasteiger partial charge in [0, 0.05) is 30.9 Å². The number of fused-ring (bicyclic) bond motifs is 2. The first-order chi connectivity index (χ1) is 14.0. The molecule has 0 fully saturated rings. The van der Waals surface area contributed by atoms with E-state index in [0.717, 1.165) is 25.1 Å². The van der Waals surface area contributed by atoms with Gasteiger partial charge in [0.1, 0.15) is 6.54 Å². The zero-order chi connectivity index (χ0) is 20.5. The van der Waals surface area contributed by atoms with Gasteiger partial charge in [0.2, 0.25) is 11.9 Å². The molecule has 3 aromatic rings. The molecule has 0 unspecified atom stereocenters. The van der Waals surface area contributed by atoms with Crippen molar-refractivity contribution in [1.82, 2.24) is 24.5 Å². The van der Waals surface area contributed by atoms with Gasteiger partial charge >= 0.3 is 5.69 Å². The van der Waals surface area contributed by atoms with Crippen molar-refractivity contribution in [1.29, 1.82) is 0 Å². The van der Waals surface area contributed by atoms with Crippen LogP contribution in [0.4, 0.5) is 5.95 Å². The van der Waals surface area contributed by atoms with Crippen LogP contribution in [0.5, 0.6) is 0 Å². The third-order valence-electron chi connectivity index (χ3n) is 5.41.